The van der Waals surface area contributed by atoms with Crippen molar-refractivity contribution >= 4 is 31.0 Å². The highest BCUT2D eigenvalue weighted by atomic mass is 31.1. The van der Waals surface area contributed by atoms with E-state index in [-0.39, 0.29) is 24.8 Å². The van der Waals surface area contributed by atoms with Crippen molar-refractivity contribution in [1.29, 1.82) is 0 Å². The van der Waals surface area contributed by atoms with Gasteiger partial charge in [-0.3, -0.25) is 4.79 Å². The highest BCUT2D eigenvalue weighted by Crippen LogP contribution is 2.25. The monoisotopic (exact) mass is 437 g/mol. The Labute approximate surface area is 180 Å². The molecule has 0 saturated carbocycles. The molecular formula is C22H21FN5O2P. The van der Waals surface area contributed by atoms with Gasteiger partial charge in [0, 0.05) is 23.5 Å². The molecule has 0 bridgehead atoms. The highest BCUT2D eigenvalue weighted by Gasteiger charge is 2.18. The first kappa shape index (κ1) is 21.0. The first-order valence-electron chi connectivity index (χ1n) is 9.85. The molecule has 4 aromatic rings. The Bertz CT molecular complexity index is 1240. The molecule has 3 heterocycles. The van der Waals surface area contributed by atoms with Crippen molar-refractivity contribution in [3.05, 3.63) is 65.7 Å². The molecule has 0 aliphatic heterocycles. The van der Waals surface area contributed by atoms with Crippen molar-refractivity contribution in [2.75, 3.05) is 13.3 Å². The SMILES string of the molecule is CCOC(=O)Cc1cnc(-c2nn(Cc3ccccc3F)c3ncccc23)nc1PC. The Morgan fingerprint density at radius 2 is 2.00 bits per heavy atom. The third-order valence-electron chi connectivity index (χ3n) is 4.74. The molecule has 0 radical (unpaired) electrons. The topological polar surface area (TPSA) is 82.8 Å². The second-order valence-electron chi connectivity index (χ2n) is 6.77. The summed E-state index contributed by atoms with van der Waals surface area (Å²) in [6, 6.07) is 10.3. The lowest BCUT2D eigenvalue weighted by atomic mass is 10.2. The van der Waals surface area contributed by atoms with Crippen LogP contribution in [0.2, 0.25) is 0 Å². The number of nitrogens with zero attached hydrogens (tertiary/aromatic N) is 5. The van der Waals surface area contributed by atoms with Gasteiger partial charge in [0.15, 0.2) is 11.5 Å². The number of ether oxygens (including phenoxy) is 1. The number of benzene rings is 1. The molecule has 7 nitrogen and oxygen atoms in total. The summed E-state index contributed by atoms with van der Waals surface area (Å²) in [4.78, 5) is 25.5. The zero-order valence-corrected chi connectivity index (χ0v) is 18.2. The summed E-state index contributed by atoms with van der Waals surface area (Å²) in [5.41, 5.74) is 3.25. The molecule has 0 N–H and O–H groups in total. The quantitative estimate of drug-likeness (QED) is 0.326. The van der Waals surface area contributed by atoms with Gasteiger partial charge in [0.2, 0.25) is 0 Å². The van der Waals surface area contributed by atoms with E-state index in [2.05, 4.69) is 20.1 Å². The average molecular weight is 437 g/mol. The van der Waals surface area contributed by atoms with Crippen molar-refractivity contribution in [2.24, 2.45) is 0 Å². The normalized spacial score (nSPS) is 11.5. The van der Waals surface area contributed by atoms with Crippen molar-refractivity contribution in [3.8, 4) is 11.5 Å². The molecule has 0 spiro atoms. The van der Waals surface area contributed by atoms with Crippen LogP contribution in [0.25, 0.3) is 22.6 Å². The number of halogens is 1. The van der Waals surface area contributed by atoms with Crippen LogP contribution < -0.4 is 5.44 Å². The van der Waals surface area contributed by atoms with E-state index in [0.29, 0.717) is 37.9 Å². The number of fused-ring (bicyclic) bond motifs is 1. The Morgan fingerprint density at radius 3 is 2.77 bits per heavy atom. The zero-order chi connectivity index (χ0) is 21.8. The third-order valence-corrected chi connectivity index (χ3v) is 5.64. The molecule has 0 fully saturated rings. The van der Waals surface area contributed by atoms with Crippen LogP contribution in [0.15, 0.2) is 48.8 Å². The van der Waals surface area contributed by atoms with E-state index in [4.69, 9.17) is 4.74 Å². The molecule has 3 aromatic heterocycles. The number of carbonyl (C=O) groups is 1. The summed E-state index contributed by atoms with van der Waals surface area (Å²) < 4.78 is 20.9. The van der Waals surface area contributed by atoms with Gasteiger partial charge in [0.25, 0.3) is 0 Å². The van der Waals surface area contributed by atoms with Crippen LogP contribution in [0.1, 0.15) is 18.1 Å². The second-order valence-corrected chi connectivity index (χ2v) is 7.75. The van der Waals surface area contributed by atoms with Crippen LogP contribution in [0.5, 0.6) is 0 Å². The molecule has 9 heteroatoms. The maximum atomic E-state index is 14.2. The fraction of sp³-hybridized carbons (Fsp3) is 0.227. The number of esters is 1. The van der Waals surface area contributed by atoms with E-state index >= 15 is 0 Å². The van der Waals surface area contributed by atoms with E-state index in [1.54, 1.807) is 42.2 Å². The Balaban J connectivity index is 1.74. The maximum Gasteiger partial charge on any atom is 0.310 e. The van der Waals surface area contributed by atoms with Gasteiger partial charge in [-0.25, -0.2) is 24.0 Å². The van der Waals surface area contributed by atoms with Crippen LogP contribution in [0.3, 0.4) is 0 Å². The van der Waals surface area contributed by atoms with Gasteiger partial charge < -0.3 is 4.74 Å². The van der Waals surface area contributed by atoms with Gasteiger partial charge in [0.05, 0.1) is 30.4 Å². The van der Waals surface area contributed by atoms with E-state index in [1.165, 1.54) is 6.07 Å². The number of aromatic nitrogens is 5. The minimum Gasteiger partial charge on any atom is -0.466 e. The highest BCUT2D eigenvalue weighted by molar-refractivity contribution is 7.46. The van der Waals surface area contributed by atoms with E-state index in [1.807, 2.05) is 18.8 Å². The minimum absolute atomic E-state index is 0.133. The van der Waals surface area contributed by atoms with Crippen LogP contribution in [-0.4, -0.2) is 44.0 Å². The summed E-state index contributed by atoms with van der Waals surface area (Å²) in [5, 5.41) is 5.45. The van der Waals surface area contributed by atoms with Gasteiger partial charge in [-0.15, -0.1) is 0 Å². The summed E-state index contributed by atoms with van der Waals surface area (Å²) in [6.45, 7) is 4.34. The van der Waals surface area contributed by atoms with Crippen LogP contribution in [0, 0.1) is 5.82 Å². The Kier molecular flexibility index (Phi) is 6.28. The third kappa shape index (κ3) is 4.44. The van der Waals surface area contributed by atoms with Crippen LogP contribution in [-0.2, 0) is 22.5 Å². The molecule has 1 atom stereocenters. The van der Waals surface area contributed by atoms with E-state index < -0.39 is 0 Å². The van der Waals surface area contributed by atoms with Gasteiger partial charge >= 0.3 is 5.97 Å². The summed E-state index contributed by atoms with van der Waals surface area (Å²) in [7, 11) is 0.373. The molecule has 1 aromatic carbocycles. The first-order chi connectivity index (χ1) is 15.1. The smallest absolute Gasteiger partial charge is 0.310 e. The lowest BCUT2D eigenvalue weighted by Crippen LogP contribution is -2.17. The number of hydrogen-bond acceptors (Lipinski definition) is 6. The predicted octanol–water partition coefficient (Wildman–Crippen LogP) is 3.11. The molecule has 0 saturated heterocycles. The largest absolute Gasteiger partial charge is 0.466 e. The maximum absolute atomic E-state index is 14.2. The van der Waals surface area contributed by atoms with Gasteiger partial charge in [-0.2, -0.15) is 5.10 Å². The molecule has 0 aliphatic carbocycles. The fourth-order valence-corrected chi connectivity index (χ4v) is 4.00. The van der Waals surface area contributed by atoms with Gasteiger partial charge in [-0.1, -0.05) is 26.8 Å². The summed E-state index contributed by atoms with van der Waals surface area (Å²) >= 11 is 0. The molecule has 0 amide bonds. The number of carbonyl (C=O) groups excluding carboxylic acids is 1. The molecule has 1 unspecified atom stereocenters. The Hall–Kier alpha value is -3.25. The lowest BCUT2D eigenvalue weighted by molar-refractivity contribution is -0.142. The van der Waals surface area contributed by atoms with E-state index in [0.717, 1.165) is 16.4 Å². The van der Waals surface area contributed by atoms with E-state index in [9.17, 15) is 9.18 Å². The fourth-order valence-electron chi connectivity index (χ4n) is 3.31. The molecule has 31 heavy (non-hydrogen) atoms. The average Bonchev–Trinajstić information content (AvgIpc) is 3.14. The summed E-state index contributed by atoms with van der Waals surface area (Å²) in [6.07, 6.45) is 3.46. The minimum atomic E-state index is -0.304. The van der Waals surface area contributed by atoms with Crippen LogP contribution >= 0.6 is 8.58 Å². The van der Waals surface area contributed by atoms with Crippen molar-refractivity contribution in [3.63, 3.8) is 0 Å². The van der Waals surface area contributed by atoms with Gasteiger partial charge in [0.1, 0.15) is 11.5 Å². The molecule has 158 valence electrons. The predicted molar refractivity (Wildman–Crippen MR) is 118 cm³/mol. The molecular weight excluding hydrogens is 416 g/mol. The van der Waals surface area contributed by atoms with Crippen molar-refractivity contribution in [2.45, 2.75) is 19.9 Å². The standard InChI is InChI=1S/C22H21FN5O2P/c1-3-30-18(29)11-15-12-25-20(26-22(15)31-2)19-16-8-6-10-24-21(16)28(27-19)13-14-7-4-5-9-17(14)23/h4-10,12,31H,3,11,13H2,1-2H3. The van der Waals surface area contributed by atoms with Crippen LogP contribution in [0.4, 0.5) is 4.39 Å². The summed E-state index contributed by atoms with van der Waals surface area (Å²) in [5.74, 6) is -0.151. The number of pyridine rings is 1. The lowest BCUT2D eigenvalue weighted by Gasteiger charge is -2.08. The Morgan fingerprint density at radius 1 is 1.16 bits per heavy atom. The molecule has 0 aliphatic rings. The second kappa shape index (κ2) is 9.27. The van der Waals surface area contributed by atoms with Crippen molar-refractivity contribution in [1.82, 2.24) is 24.7 Å². The first-order valence-corrected chi connectivity index (χ1v) is 11.3. The van der Waals surface area contributed by atoms with Crippen molar-refractivity contribution < 1.29 is 13.9 Å². The molecule has 4 rings (SSSR count). The number of rotatable bonds is 7. The zero-order valence-electron chi connectivity index (χ0n) is 17.2. The number of hydrogen-bond donors (Lipinski definition) is 0. The van der Waals surface area contributed by atoms with Gasteiger partial charge in [-0.05, 0) is 31.8 Å².